The van der Waals surface area contributed by atoms with Gasteiger partial charge in [-0.3, -0.25) is 9.59 Å². The van der Waals surface area contributed by atoms with Gasteiger partial charge in [0.2, 0.25) is 5.16 Å². The van der Waals surface area contributed by atoms with E-state index in [0.29, 0.717) is 17.4 Å². The molecule has 138 valence electrons. The Morgan fingerprint density at radius 1 is 1.35 bits per heavy atom. The number of carbonyl (C=O) groups excluding carboxylic acids is 2. The summed E-state index contributed by atoms with van der Waals surface area (Å²) in [7, 11) is 0. The van der Waals surface area contributed by atoms with Crippen LogP contribution in [0.4, 0.5) is 0 Å². The van der Waals surface area contributed by atoms with E-state index in [1.807, 2.05) is 26.2 Å². The predicted molar refractivity (Wildman–Crippen MR) is 94.6 cm³/mol. The number of aryl methyl sites for hydroxylation is 2. The lowest BCUT2D eigenvalue weighted by atomic mass is 10.1. The molecule has 0 unspecified atom stereocenters. The molecule has 9 nitrogen and oxygen atoms in total. The lowest BCUT2D eigenvalue weighted by molar-refractivity contribution is -0.148. The molecule has 0 bridgehead atoms. The Morgan fingerprint density at radius 2 is 2.12 bits per heavy atom. The molecule has 0 aliphatic carbocycles. The lowest BCUT2D eigenvalue weighted by Gasteiger charge is -2.10. The first-order valence-electron chi connectivity index (χ1n) is 8.02. The fourth-order valence-electron chi connectivity index (χ4n) is 2.39. The van der Waals surface area contributed by atoms with Crippen LogP contribution >= 0.6 is 11.8 Å². The maximum Gasteiger partial charge on any atom is 0.306 e. The van der Waals surface area contributed by atoms with Crippen molar-refractivity contribution in [3.8, 4) is 6.07 Å². The van der Waals surface area contributed by atoms with Gasteiger partial charge in [0.25, 0.3) is 11.7 Å². The summed E-state index contributed by atoms with van der Waals surface area (Å²) in [6.45, 7) is 3.67. The number of carbonyl (C=O) groups is 2. The summed E-state index contributed by atoms with van der Waals surface area (Å²) in [6.07, 6.45) is 2.67. The lowest BCUT2D eigenvalue weighted by Crippen LogP contribution is -2.29. The number of amides is 1. The largest absolute Gasteiger partial charge is 0.456 e. The Bertz CT molecular complexity index is 858. The van der Waals surface area contributed by atoms with E-state index in [2.05, 4.69) is 20.4 Å². The van der Waals surface area contributed by atoms with Gasteiger partial charge >= 0.3 is 5.97 Å². The average molecular weight is 376 g/mol. The number of nitrogens with one attached hydrogen (secondary N) is 1. The van der Waals surface area contributed by atoms with Crippen LogP contribution in [-0.4, -0.2) is 50.9 Å². The first-order chi connectivity index (χ1) is 12.5. The molecule has 0 saturated heterocycles. The molecule has 0 atom stereocenters. The van der Waals surface area contributed by atoms with E-state index in [0.717, 1.165) is 17.0 Å². The number of nitriles is 1. The van der Waals surface area contributed by atoms with Crippen molar-refractivity contribution in [2.75, 3.05) is 19.4 Å². The van der Waals surface area contributed by atoms with E-state index in [4.69, 9.17) is 10.00 Å². The minimum atomic E-state index is -0.470. The highest BCUT2D eigenvalue weighted by Gasteiger charge is 2.15. The molecule has 2 rings (SSSR count). The van der Waals surface area contributed by atoms with Crippen LogP contribution in [0, 0.1) is 25.2 Å². The second kappa shape index (κ2) is 9.15. The average Bonchev–Trinajstić information content (AvgIpc) is 3.03. The summed E-state index contributed by atoms with van der Waals surface area (Å²) >= 11 is 1.44. The van der Waals surface area contributed by atoms with Crippen molar-refractivity contribution < 1.29 is 14.3 Å². The molecule has 0 aliphatic heterocycles. The summed E-state index contributed by atoms with van der Waals surface area (Å²) in [5, 5.41) is 15.9. The summed E-state index contributed by atoms with van der Waals surface area (Å²) in [5.41, 5.74) is 2.57. The van der Waals surface area contributed by atoms with Crippen molar-refractivity contribution in [2.45, 2.75) is 38.3 Å². The number of aromatic nitrogens is 4. The molecule has 2 heterocycles. The molecule has 2 aromatic rings. The van der Waals surface area contributed by atoms with E-state index in [-0.39, 0.29) is 26.0 Å². The second-order valence-corrected chi connectivity index (χ2v) is 6.26. The Balaban J connectivity index is 1.93. The first-order valence-corrected chi connectivity index (χ1v) is 9.24. The van der Waals surface area contributed by atoms with Crippen LogP contribution in [0.1, 0.15) is 29.8 Å². The highest BCUT2D eigenvalue weighted by Crippen LogP contribution is 2.18. The van der Waals surface area contributed by atoms with Gasteiger partial charge < -0.3 is 10.1 Å². The highest BCUT2D eigenvalue weighted by atomic mass is 32.2. The van der Waals surface area contributed by atoms with E-state index in [1.165, 1.54) is 11.8 Å². The zero-order valence-corrected chi connectivity index (χ0v) is 15.7. The van der Waals surface area contributed by atoms with Crippen LogP contribution in [0.5, 0.6) is 0 Å². The zero-order chi connectivity index (χ0) is 19.1. The van der Waals surface area contributed by atoms with E-state index in [9.17, 15) is 9.59 Å². The summed E-state index contributed by atoms with van der Waals surface area (Å²) in [5.74, 6) is -0.358. The maximum absolute atomic E-state index is 11.9. The van der Waals surface area contributed by atoms with Crippen molar-refractivity contribution in [3.05, 3.63) is 17.0 Å². The van der Waals surface area contributed by atoms with E-state index >= 15 is 0 Å². The van der Waals surface area contributed by atoms with Crippen LogP contribution in [0.15, 0.2) is 5.16 Å². The Hall–Kier alpha value is -2.67. The third-order valence-electron chi connectivity index (χ3n) is 3.71. The molecule has 0 radical (unpaired) electrons. The van der Waals surface area contributed by atoms with Crippen molar-refractivity contribution in [1.29, 1.82) is 5.26 Å². The first kappa shape index (κ1) is 19.7. The Morgan fingerprint density at radius 3 is 2.81 bits per heavy atom. The SMILES string of the molecule is CSc1nc2nc(C)c(CCC(=O)OCC(=O)NCCC#N)c(C)n2n1. The number of fused-ring (bicyclic) bond motifs is 1. The van der Waals surface area contributed by atoms with Gasteiger partial charge in [0.1, 0.15) is 0 Å². The molecule has 2 aromatic heterocycles. The molecular formula is C16H20N6O3S. The Labute approximate surface area is 155 Å². The van der Waals surface area contributed by atoms with Gasteiger partial charge in [0.15, 0.2) is 6.61 Å². The second-order valence-electron chi connectivity index (χ2n) is 5.49. The van der Waals surface area contributed by atoms with Crippen molar-refractivity contribution in [2.24, 2.45) is 0 Å². The number of thioether (sulfide) groups is 1. The molecule has 1 amide bonds. The molecule has 0 aliphatic rings. The van der Waals surface area contributed by atoms with Gasteiger partial charge in [-0.25, -0.2) is 9.50 Å². The summed E-state index contributed by atoms with van der Waals surface area (Å²) < 4.78 is 6.62. The maximum atomic E-state index is 11.9. The summed E-state index contributed by atoms with van der Waals surface area (Å²) in [4.78, 5) is 32.1. The zero-order valence-electron chi connectivity index (χ0n) is 14.9. The molecule has 0 spiro atoms. The molecule has 0 fully saturated rings. The minimum Gasteiger partial charge on any atom is -0.456 e. The monoisotopic (exact) mass is 376 g/mol. The number of hydrogen-bond acceptors (Lipinski definition) is 8. The quantitative estimate of drug-likeness (QED) is 0.411. The minimum absolute atomic E-state index is 0.129. The van der Waals surface area contributed by atoms with Gasteiger partial charge in [0.05, 0.1) is 12.5 Å². The third kappa shape index (κ3) is 4.92. The molecule has 10 heteroatoms. The molecular weight excluding hydrogens is 356 g/mol. The van der Waals surface area contributed by atoms with Gasteiger partial charge in [-0.15, -0.1) is 5.10 Å². The summed E-state index contributed by atoms with van der Waals surface area (Å²) in [6, 6.07) is 1.91. The van der Waals surface area contributed by atoms with Gasteiger partial charge in [-0.1, -0.05) is 11.8 Å². The number of nitrogens with zero attached hydrogens (tertiary/aromatic N) is 5. The number of esters is 1. The van der Waals surface area contributed by atoms with Crippen LogP contribution in [0.3, 0.4) is 0 Å². The van der Waals surface area contributed by atoms with Crippen LogP contribution < -0.4 is 5.32 Å². The topological polar surface area (TPSA) is 122 Å². The fraction of sp³-hybridized carbons (Fsp3) is 0.500. The van der Waals surface area contributed by atoms with Crippen LogP contribution in [0.25, 0.3) is 5.78 Å². The van der Waals surface area contributed by atoms with Crippen molar-refractivity contribution >= 4 is 29.4 Å². The highest BCUT2D eigenvalue weighted by molar-refractivity contribution is 7.98. The standard InChI is InChI=1S/C16H20N6O3S/c1-10-12(11(2)22-15(19-10)20-16(21-22)26-3)5-6-14(24)25-9-13(23)18-8-4-7-17/h4-6,8-9H2,1-3H3,(H,18,23). The fourth-order valence-corrected chi connectivity index (χ4v) is 2.73. The van der Waals surface area contributed by atoms with Gasteiger partial charge in [-0.2, -0.15) is 10.2 Å². The van der Waals surface area contributed by atoms with Crippen LogP contribution in [-0.2, 0) is 20.7 Å². The molecule has 1 N–H and O–H groups in total. The number of rotatable bonds is 8. The van der Waals surface area contributed by atoms with Crippen molar-refractivity contribution in [3.63, 3.8) is 0 Å². The Kier molecular flexibility index (Phi) is 6.91. The van der Waals surface area contributed by atoms with Gasteiger partial charge in [-0.05, 0) is 32.1 Å². The predicted octanol–water partition coefficient (Wildman–Crippen LogP) is 0.969. The normalized spacial score (nSPS) is 10.5. The molecule has 0 aromatic carbocycles. The van der Waals surface area contributed by atoms with Crippen LogP contribution in [0.2, 0.25) is 0 Å². The molecule has 26 heavy (non-hydrogen) atoms. The van der Waals surface area contributed by atoms with Gasteiger partial charge in [0, 0.05) is 24.4 Å². The van der Waals surface area contributed by atoms with E-state index in [1.54, 1.807) is 4.52 Å². The molecule has 0 saturated carbocycles. The number of ether oxygens (including phenoxy) is 1. The number of hydrogen-bond donors (Lipinski definition) is 1. The smallest absolute Gasteiger partial charge is 0.306 e. The third-order valence-corrected chi connectivity index (χ3v) is 4.25. The van der Waals surface area contributed by atoms with E-state index < -0.39 is 11.9 Å². The van der Waals surface area contributed by atoms with Crippen molar-refractivity contribution in [1.82, 2.24) is 24.9 Å².